The third-order valence-corrected chi connectivity index (χ3v) is 6.75. The first kappa shape index (κ1) is 25.4. The number of urea groups is 1. The molecule has 1 fully saturated rings. The number of rotatable bonds is 7. The summed E-state index contributed by atoms with van der Waals surface area (Å²) in [5.41, 5.74) is 2.62. The molecule has 0 aliphatic carbocycles. The molecule has 36 heavy (non-hydrogen) atoms. The van der Waals surface area contributed by atoms with E-state index < -0.39 is 12.0 Å². The van der Waals surface area contributed by atoms with Crippen molar-refractivity contribution in [3.05, 3.63) is 83.1 Å². The van der Waals surface area contributed by atoms with Crippen LogP contribution in [-0.4, -0.2) is 78.0 Å². The van der Waals surface area contributed by atoms with Crippen LogP contribution in [-0.2, 0) is 9.53 Å². The molecule has 8 heteroatoms. The second-order valence-corrected chi connectivity index (χ2v) is 9.07. The molecular weight excluding hydrogens is 456 g/mol. The molecule has 2 aromatic carbocycles. The van der Waals surface area contributed by atoms with Gasteiger partial charge in [0, 0.05) is 50.0 Å². The largest absolute Gasteiger partial charge is 0.463 e. The average molecular weight is 491 g/mol. The van der Waals surface area contributed by atoms with Crippen LogP contribution in [0.5, 0.6) is 0 Å². The summed E-state index contributed by atoms with van der Waals surface area (Å²) in [6.45, 7) is 8.62. The number of hydrogen-bond acceptors (Lipinski definition) is 5. The number of nitrogens with zero attached hydrogens (tertiary/aromatic N) is 3. The number of carbonyl (C=O) groups excluding carboxylic acids is 3. The van der Waals surface area contributed by atoms with Gasteiger partial charge in [-0.2, -0.15) is 0 Å². The Morgan fingerprint density at radius 3 is 2.28 bits per heavy atom. The fourth-order valence-corrected chi connectivity index (χ4v) is 4.99. The first-order valence-corrected chi connectivity index (χ1v) is 12.6. The summed E-state index contributed by atoms with van der Waals surface area (Å²) in [7, 11) is 0. The zero-order valence-corrected chi connectivity index (χ0v) is 21.1. The lowest BCUT2D eigenvalue weighted by molar-refractivity contribution is -0.139. The highest BCUT2D eigenvalue weighted by Crippen LogP contribution is 2.32. The van der Waals surface area contributed by atoms with Crippen molar-refractivity contribution in [2.75, 3.05) is 39.3 Å². The quantitative estimate of drug-likeness (QED) is 0.602. The van der Waals surface area contributed by atoms with E-state index in [0.717, 1.165) is 5.56 Å². The fourth-order valence-electron chi connectivity index (χ4n) is 4.99. The van der Waals surface area contributed by atoms with E-state index in [2.05, 4.69) is 10.2 Å². The van der Waals surface area contributed by atoms with E-state index in [4.69, 9.17) is 4.74 Å². The standard InChI is InChI=1S/C28H34N4O4/c1-4-31-23(19-30-16-17-32(20(3)18-30)26(33)22-14-10-7-11-15-22)24(27(34)36-5-2)25(29-28(31)35)21-12-8-6-9-13-21/h6-15,20,25H,4-5,16-19H2,1-3H3,(H,29,35). The lowest BCUT2D eigenvalue weighted by atomic mass is 9.94. The van der Waals surface area contributed by atoms with Gasteiger partial charge in [0.05, 0.1) is 18.2 Å². The normalized spacial score (nSPS) is 20.8. The molecule has 2 heterocycles. The predicted octanol–water partition coefficient (Wildman–Crippen LogP) is 3.44. The van der Waals surface area contributed by atoms with Crippen LogP contribution in [0, 0.1) is 0 Å². The van der Waals surface area contributed by atoms with E-state index in [0.29, 0.717) is 49.6 Å². The van der Waals surface area contributed by atoms with Gasteiger partial charge in [-0.1, -0.05) is 48.5 Å². The smallest absolute Gasteiger partial charge is 0.338 e. The van der Waals surface area contributed by atoms with Gasteiger partial charge in [0.2, 0.25) is 0 Å². The number of amides is 3. The summed E-state index contributed by atoms with van der Waals surface area (Å²) in [5.74, 6) is -0.406. The van der Waals surface area contributed by atoms with Crippen LogP contribution in [0.25, 0.3) is 0 Å². The van der Waals surface area contributed by atoms with Crippen LogP contribution in [0.3, 0.4) is 0 Å². The van der Waals surface area contributed by atoms with E-state index in [1.807, 2.05) is 79.4 Å². The minimum absolute atomic E-state index is 0.0180. The lowest BCUT2D eigenvalue weighted by Gasteiger charge is -2.43. The Kier molecular flexibility index (Phi) is 8.05. The Labute approximate surface area is 212 Å². The maximum Gasteiger partial charge on any atom is 0.338 e. The zero-order valence-electron chi connectivity index (χ0n) is 21.1. The van der Waals surface area contributed by atoms with Crippen molar-refractivity contribution in [1.29, 1.82) is 0 Å². The minimum Gasteiger partial charge on any atom is -0.463 e. The molecule has 0 aromatic heterocycles. The molecule has 0 bridgehead atoms. The van der Waals surface area contributed by atoms with E-state index in [-0.39, 0.29) is 24.6 Å². The molecule has 0 spiro atoms. The average Bonchev–Trinajstić information content (AvgIpc) is 2.89. The maximum atomic E-state index is 13.2. The molecule has 8 nitrogen and oxygen atoms in total. The Hall–Kier alpha value is -3.65. The first-order chi connectivity index (χ1) is 17.4. The molecule has 2 aliphatic heterocycles. The summed E-state index contributed by atoms with van der Waals surface area (Å²) >= 11 is 0. The van der Waals surface area contributed by atoms with Crippen LogP contribution in [0.15, 0.2) is 71.9 Å². The highest BCUT2D eigenvalue weighted by molar-refractivity contribution is 5.95. The molecule has 2 atom stereocenters. The molecule has 0 radical (unpaired) electrons. The van der Waals surface area contributed by atoms with Crippen molar-refractivity contribution < 1.29 is 19.1 Å². The summed E-state index contributed by atoms with van der Waals surface area (Å²) < 4.78 is 5.45. The molecule has 2 unspecified atom stereocenters. The van der Waals surface area contributed by atoms with Crippen LogP contribution in [0.2, 0.25) is 0 Å². The number of carbonyl (C=O) groups is 3. The number of nitrogens with one attached hydrogen (secondary N) is 1. The van der Waals surface area contributed by atoms with Gasteiger partial charge in [0.15, 0.2) is 0 Å². The number of esters is 1. The van der Waals surface area contributed by atoms with E-state index in [9.17, 15) is 14.4 Å². The third kappa shape index (κ3) is 5.28. The van der Waals surface area contributed by atoms with Crippen molar-refractivity contribution in [2.45, 2.75) is 32.9 Å². The van der Waals surface area contributed by atoms with Crippen molar-refractivity contribution >= 4 is 17.9 Å². The second-order valence-electron chi connectivity index (χ2n) is 9.07. The Morgan fingerprint density at radius 2 is 1.67 bits per heavy atom. The molecule has 2 aliphatic rings. The monoisotopic (exact) mass is 490 g/mol. The van der Waals surface area contributed by atoms with Crippen LogP contribution in [0.4, 0.5) is 4.79 Å². The number of hydrogen-bond donors (Lipinski definition) is 1. The van der Waals surface area contributed by atoms with Crippen LogP contribution < -0.4 is 5.32 Å². The topological polar surface area (TPSA) is 82.2 Å². The second kappa shape index (κ2) is 11.4. The lowest BCUT2D eigenvalue weighted by Crippen LogP contribution is -2.56. The highest BCUT2D eigenvalue weighted by atomic mass is 16.5. The summed E-state index contributed by atoms with van der Waals surface area (Å²) in [6.07, 6.45) is 0. The Balaban J connectivity index is 1.62. The molecule has 0 saturated carbocycles. The predicted molar refractivity (Wildman–Crippen MR) is 137 cm³/mol. The maximum absolute atomic E-state index is 13.2. The third-order valence-electron chi connectivity index (χ3n) is 6.75. The molecule has 190 valence electrons. The molecule has 2 aromatic rings. The van der Waals surface area contributed by atoms with Crippen LogP contribution in [0.1, 0.15) is 42.7 Å². The Bertz CT molecular complexity index is 1120. The van der Waals surface area contributed by atoms with E-state index in [1.54, 1.807) is 11.8 Å². The van der Waals surface area contributed by atoms with Gasteiger partial charge in [0.25, 0.3) is 5.91 Å². The van der Waals surface area contributed by atoms with Gasteiger partial charge in [0.1, 0.15) is 0 Å². The SMILES string of the molecule is CCOC(=O)C1=C(CN2CCN(C(=O)c3ccccc3)C(C)C2)N(CC)C(=O)NC1c1ccccc1. The highest BCUT2D eigenvalue weighted by Gasteiger charge is 2.39. The molecule has 3 amide bonds. The van der Waals surface area contributed by atoms with Crippen molar-refractivity contribution in [1.82, 2.24) is 20.0 Å². The van der Waals surface area contributed by atoms with Gasteiger partial charge in [-0.3, -0.25) is 14.6 Å². The van der Waals surface area contributed by atoms with Crippen LogP contribution >= 0.6 is 0 Å². The molecular formula is C28H34N4O4. The van der Waals surface area contributed by atoms with E-state index >= 15 is 0 Å². The van der Waals surface area contributed by atoms with Crippen molar-refractivity contribution in [2.24, 2.45) is 0 Å². The summed E-state index contributed by atoms with van der Waals surface area (Å²) in [4.78, 5) is 45.1. The number of piperazine rings is 1. The van der Waals surface area contributed by atoms with Gasteiger partial charge < -0.3 is 15.0 Å². The van der Waals surface area contributed by atoms with Crippen molar-refractivity contribution in [3.63, 3.8) is 0 Å². The van der Waals surface area contributed by atoms with Gasteiger partial charge in [-0.05, 0) is 38.5 Å². The van der Waals surface area contributed by atoms with Gasteiger partial charge >= 0.3 is 12.0 Å². The Morgan fingerprint density at radius 1 is 1.00 bits per heavy atom. The minimum atomic E-state index is -0.589. The van der Waals surface area contributed by atoms with Crippen molar-refractivity contribution in [3.8, 4) is 0 Å². The first-order valence-electron chi connectivity index (χ1n) is 12.6. The van der Waals surface area contributed by atoms with E-state index in [1.165, 1.54) is 0 Å². The number of benzene rings is 2. The zero-order chi connectivity index (χ0) is 25.7. The van der Waals surface area contributed by atoms with Gasteiger partial charge in [-0.25, -0.2) is 9.59 Å². The summed E-state index contributed by atoms with van der Waals surface area (Å²) in [5, 5.41) is 3.00. The van der Waals surface area contributed by atoms with Gasteiger partial charge in [-0.15, -0.1) is 0 Å². The number of ether oxygens (including phenoxy) is 1. The summed E-state index contributed by atoms with van der Waals surface area (Å²) in [6, 6.07) is 17.9. The fraction of sp³-hybridized carbons (Fsp3) is 0.393. The number of likely N-dealkylation sites (N-methyl/N-ethyl adjacent to an activating group) is 1. The molecule has 1 saturated heterocycles. The molecule has 1 N–H and O–H groups in total. The molecule has 4 rings (SSSR count).